The van der Waals surface area contributed by atoms with Crippen LogP contribution in [0.3, 0.4) is 0 Å². The fraction of sp³-hybridized carbons (Fsp3) is 0.875. The quantitative estimate of drug-likeness (QED) is 0.571. The molecule has 0 rings (SSSR count). The lowest BCUT2D eigenvalue weighted by atomic mass is 9.91. The highest BCUT2D eigenvalue weighted by Gasteiger charge is 2.41. The van der Waals surface area contributed by atoms with Crippen molar-refractivity contribution in [2.24, 2.45) is 5.92 Å². The van der Waals surface area contributed by atoms with Gasteiger partial charge in [0.15, 0.2) is 8.32 Å². The van der Waals surface area contributed by atoms with Gasteiger partial charge >= 0.3 is 0 Å². The van der Waals surface area contributed by atoms with Gasteiger partial charge in [0.2, 0.25) is 0 Å². The highest BCUT2D eigenvalue weighted by Crippen LogP contribution is 2.38. The van der Waals surface area contributed by atoms with Gasteiger partial charge in [0.1, 0.15) is 0 Å². The van der Waals surface area contributed by atoms with Gasteiger partial charge in [-0.05, 0) is 32.0 Å². The van der Waals surface area contributed by atoms with Crippen LogP contribution in [0, 0.1) is 5.92 Å². The van der Waals surface area contributed by atoms with Gasteiger partial charge in [0, 0.05) is 13.0 Å². The Labute approximate surface area is 126 Å². The van der Waals surface area contributed by atoms with Gasteiger partial charge < -0.3 is 14.3 Å². The second-order valence-corrected chi connectivity index (χ2v) is 12.2. The van der Waals surface area contributed by atoms with Crippen LogP contribution in [0.4, 0.5) is 0 Å². The van der Waals surface area contributed by atoms with Crippen molar-refractivity contribution < 1.29 is 14.3 Å². The third kappa shape index (κ3) is 4.99. The van der Waals surface area contributed by atoms with Crippen molar-refractivity contribution in [2.75, 3.05) is 7.11 Å². The minimum absolute atomic E-state index is 0.0442. The van der Waals surface area contributed by atoms with Crippen molar-refractivity contribution in [3.8, 4) is 0 Å². The van der Waals surface area contributed by atoms with Gasteiger partial charge in [-0.3, -0.25) is 0 Å². The molecular weight excluding hydrogens is 268 g/mol. The molecule has 4 heteroatoms. The summed E-state index contributed by atoms with van der Waals surface area (Å²) < 4.78 is 12.0. The molecule has 0 amide bonds. The summed E-state index contributed by atoms with van der Waals surface area (Å²) in [4.78, 5) is 0. The van der Waals surface area contributed by atoms with Crippen molar-refractivity contribution in [3.63, 3.8) is 0 Å². The summed E-state index contributed by atoms with van der Waals surface area (Å²) in [6.07, 6.45) is -0.758. The molecule has 0 aromatic heterocycles. The molecule has 3 nitrogen and oxygen atoms in total. The van der Waals surface area contributed by atoms with Crippen LogP contribution in [0.1, 0.15) is 41.5 Å². The first-order chi connectivity index (χ1) is 8.85. The molecule has 0 radical (unpaired) electrons. The van der Waals surface area contributed by atoms with Crippen LogP contribution >= 0.6 is 0 Å². The van der Waals surface area contributed by atoms with Gasteiger partial charge in [-0.1, -0.05) is 39.8 Å². The standard InChI is InChI=1S/C16H34O3Si/c1-11(2)14(17)12(3)15(18-8)13(4)19-20(9,10)16(5,6)7/h12-15,17H,1H2,2-10H3/t12-,13-,14+,15-/m1/s1. The molecule has 0 saturated heterocycles. The first-order valence-electron chi connectivity index (χ1n) is 7.39. The average Bonchev–Trinajstić information content (AvgIpc) is 2.26. The van der Waals surface area contributed by atoms with E-state index >= 15 is 0 Å². The van der Waals surface area contributed by atoms with Crippen molar-refractivity contribution in [1.29, 1.82) is 0 Å². The Kier molecular flexibility index (Phi) is 7.15. The third-order valence-electron chi connectivity index (χ3n) is 4.54. The number of methoxy groups -OCH3 is 1. The fourth-order valence-corrected chi connectivity index (χ4v) is 3.59. The lowest BCUT2D eigenvalue weighted by molar-refractivity contribution is -0.0548. The lowest BCUT2D eigenvalue weighted by Gasteiger charge is -2.41. The SMILES string of the molecule is C=C(C)[C@H](O)[C@@H](C)[C@@H](OC)[C@@H](C)O[Si](C)(C)C(C)(C)C. The van der Waals surface area contributed by atoms with Crippen LogP contribution in [0.2, 0.25) is 18.1 Å². The van der Waals surface area contributed by atoms with Crippen molar-refractivity contribution in [1.82, 2.24) is 0 Å². The maximum atomic E-state index is 10.2. The summed E-state index contributed by atoms with van der Waals surface area (Å²) in [5.74, 6) is -0.0442. The first-order valence-corrected chi connectivity index (χ1v) is 10.3. The number of aliphatic hydroxyl groups is 1. The number of hydrogen-bond acceptors (Lipinski definition) is 3. The molecule has 0 heterocycles. The number of hydrogen-bond donors (Lipinski definition) is 1. The monoisotopic (exact) mass is 302 g/mol. The van der Waals surface area contributed by atoms with Gasteiger partial charge in [0.05, 0.1) is 18.3 Å². The zero-order chi connectivity index (χ0) is 16.3. The molecule has 4 atom stereocenters. The van der Waals surface area contributed by atoms with Crippen LogP contribution in [-0.4, -0.2) is 38.8 Å². The van der Waals surface area contributed by atoms with E-state index in [1.807, 2.05) is 20.8 Å². The molecule has 1 N–H and O–H groups in total. The Morgan fingerprint density at radius 1 is 1.20 bits per heavy atom. The van der Waals surface area contributed by atoms with E-state index in [4.69, 9.17) is 9.16 Å². The number of ether oxygens (including phenoxy) is 1. The van der Waals surface area contributed by atoms with E-state index in [0.717, 1.165) is 5.57 Å². The van der Waals surface area contributed by atoms with E-state index in [0.29, 0.717) is 0 Å². The van der Waals surface area contributed by atoms with Gasteiger partial charge in [-0.25, -0.2) is 0 Å². The first kappa shape index (κ1) is 19.8. The lowest BCUT2D eigenvalue weighted by Crippen LogP contribution is -2.49. The van der Waals surface area contributed by atoms with E-state index in [-0.39, 0.29) is 23.2 Å². The molecule has 0 fully saturated rings. The molecule has 0 aromatic carbocycles. The van der Waals surface area contributed by atoms with E-state index in [1.54, 1.807) is 7.11 Å². The van der Waals surface area contributed by atoms with Gasteiger partial charge in [0.25, 0.3) is 0 Å². The second kappa shape index (κ2) is 7.21. The van der Waals surface area contributed by atoms with Crippen molar-refractivity contribution in [2.45, 2.75) is 78.0 Å². The van der Waals surface area contributed by atoms with Crippen molar-refractivity contribution in [3.05, 3.63) is 12.2 Å². The average molecular weight is 303 g/mol. The summed E-state index contributed by atoms with van der Waals surface area (Å²) in [5, 5.41) is 10.3. The third-order valence-corrected chi connectivity index (χ3v) is 9.12. The van der Waals surface area contributed by atoms with Crippen LogP contribution in [0.5, 0.6) is 0 Å². The zero-order valence-electron chi connectivity index (χ0n) is 14.8. The van der Waals surface area contributed by atoms with Crippen LogP contribution in [0.15, 0.2) is 12.2 Å². The molecule has 0 aliphatic rings. The number of aliphatic hydroxyl groups excluding tert-OH is 1. The maximum Gasteiger partial charge on any atom is 0.192 e. The minimum Gasteiger partial charge on any atom is -0.412 e. The predicted molar refractivity (Wildman–Crippen MR) is 88.5 cm³/mol. The Balaban J connectivity index is 4.96. The Morgan fingerprint density at radius 3 is 1.95 bits per heavy atom. The summed E-state index contributed by atoms with van der Waals surface area (Å²) in [6.45, 7) is 20.8. The number of rotatable bonds is 7. The zero-order valence-corrected chi connectivity index (χ0v) is 15.8. The molecule has 0 aliphatic heterocycles. The summed E-state index contributed by atoms with van der Waals surface area (Å²) in [7, 11) is -0.161. The summed E-state index contributed by atoms with van der Waals surface area (Å²) >= 11 is 0. The molecule has 0 saturated carbocycles. The minimum atomic E-state index is -1.84. The summed E-state index contributed by atoms with van der Waals surface area (Å²) in [5.41, 5.74) is 0.763. The Bertz CT molecular complexity index is 320. The van der Waals surface area contributed by atoms with E-state index in [2.05, 4.69) is 40.4 Å². The highest BCUT2D eigenvalue weighted by atomic mass is 28.4. The normalized spacial score (nSPS) is 19.3. The molecule has 0 aromatic rings. The Hall–Kier alpha value is -0.163. The van der Waals surface area contributed by atoms with Gasteiger partial charge in [-0.2, -0.15) is 0 Å². The molecule has 0 spiro atoms. The molecule has 0 aliphatic carbocycles. The predicted octanol–water partition coefficient (Wildman–Crippen LogP) is 3.98. The van der Waals surface area contributed by atoms with Crippen LogP contribution in [0.25, 0.3) is 0 Å². The van der Waals surface area contributed by atoms with Crippen LogP contribution in [-0.2, 0) is 9.16 Å². The second-order valence-electron chi connectivity index (χ2n) is 7.43. The maximum absolute atomic E-state index is 10.2. The largest absolute Gasteiger partial charge is 0.412 e. The smallest absolute Gasteiger partial charge is 0.192 e. The van der Waals surface area contributed by atoms with Crippen molar-refractivity contribution >= 4 is 8.32 Å². The fourth-order valence-electron chi connectivity index (χ4n) is 2.17. The topological polar surface area (TPSA) is 38.7 Å². The van der Waals surface area contributed by atoms with E-state index in [9.17, 15) is 5.11 Å². The molecule has 120 valence electrons. The molecule has 0 unspecified atom stereocenters. The highest BCUT2D eigenvalue weighted by molar-refractivity contribution is 6.74. The molecular formula is C16H34O3Si. The van der Waals surface area contributed by atoms with E-state index in [1.165, 1.54) is 0 Å². The van der Waals surface area contributed by atoms with Crippen LogP contribution < -0.4 is 0 Å². The molecule has 20 heavy (non-hydrogen) atoms. The van der Waals surface area contributed by atoms with E-state index < -0.39 is 14.4 Å². The molecule has 0 bridgehead atoms. The summed E-state index contributed by atoms with van der Waals surface area (Å²) in [6, 6.07) is 0. The van der Waals surface area contributed by atoms with Gasteiger partial charge in [-0.15, -0.1) is 0 Å². The Morgan fingerprint density at radius 2 is 1.65 bits per heavy atom.